The van der Waals surface area contributed by atoms with Gasteiger partial charge in [-0.15, -0.1) is 0 Å². The quantitative estimate of drug-likeness (QED) is 0.767. The molecule has 1 aromatic rings. The number of hydrogen-bond donors (Lipinski definition) is 1. The molecule has 1 aliphatic carbocycles. The molecule has 2 aliphatic rings. The summed E-state index contributed by atoms with van der Waals surface area (Å²) in [6.45, 7) is 1.55. The van der Waals surface area contributed by atoms with E-state index in [0.717, 1.165) is 25.9 Å². The fraction of sp³-hybridized carbons (Fsp3) is 0.500. The van der Waals surface area contributed by atoms with Gasteiger partial charge in [0.05, 0.1) is 0 Å². The lowest BCUT2D eigenvalue weighted by atomic mass is 9.98. The highest BCUT2D eigenvalue weighted by atomic mass is 127. The molecule has 0 bridgehead atoms. The molecular formula is C14H16FIN2O. The first-order valence-corrected chi connectivity index (χ1v) is 7.64. The maximum Gasteiger partial charge on any atom is 0.253 e. The largest absolute Gasteiger partial charge is 0.338 e. The first-order chi connectivity index (χ1) is 9.06. The number of amides is 1. The zero-order chi connectivity index (χ0) is 13.6. The van der Waals surface area contributed by atoms with Gasteiger partial charge in [-0.3, -0.25) is 4.79 Å². The molecule has 1 saturated heterocycles. The van der Waals surface area contributed by atoms with Crippen molar-refractivity contribution in [1.29, 1.82) is 0 Å². The van der Waals surface area contributed by atoms with Crippen LogP contribution in [0.1, 0.15) is 23.2 Å². The van der Waals surface area contributed by atoms with Crippen LogP contribution in [0.5, 0.6) is 0 Å². The molecule has 1 heterocycles. The SMILES string of the molecule is NC1CCC2CN(C(=O)c3ccc(F)c(I)c3)CC12. The predicted octanol–water partition coefficient (Wildman–Crippen LogP) is 2.24. The number of benzene rings is 1. The summed E-state index contributed by atoms with van der Waals surface area (Å²) in [5.41, 5.74) is 6.65. The Kier molecular flexibility index (Phi) is 3.51. The molecule has 2 N–H and O–H groups in total. The molecule has 1 aliphatic heterocycles. The van der Waals surface area contributed by atoms with Crippen LogP contribution >= 0.6 is 22.6 Å². The standard InChI is InChI=1S/C14H16FIN2O/c15-11-3-1-8(5-12(11)16)14(19)18-6-9-2-4-13(17)10(9)7-18/h1,3,5,9-10,13H,2,4,6-7,17H2. The average Bonchev–Trinajstić information content (AvgIpc) is 2.95. The highest BCUT2D eigenvalue weighted by Crippen LogP contribution is 2.37. The van der Waals surface area contributed by atoms with Gasteiger partial charge in [-0.05, 0) is 65.5 Å². The molecule has 0 spiro atoms. The van der Waals surface area contributed by atoms with Crippen molar-refractivity contribution in [3.8, 4) is 0 Å². The molecule has 1 aromatic carbocycles. The predicted molar refractivity (Wildman–Crippen MR) is 79.2 cm³/mol. The van der Waals surface area contributed by atoms with Crippen molar-refractivity contribution < 1.29 is 9.18 Å². The third kappa shape index (κ3) is 2.38. The van der Waals surface area contributed by atoms with E-state index < -0.39 is 0 Å². The number of halogens is 2. The average molecular weight is 374 g/mol. The fourth-order valence-corrected chi connectivity index (χ4v) is 3.80. The molecule has 19 heavy (non-hydrogen) atoms. The van der Waals surface area contributed by atoms with Gasteiger partial charge in [-0.1, -0.05) is 0 Å². The summed E-state index contributed by atoms with van der Waals surface area (Å²) >= 11 is 1.91. The van der Waals surface area contributed by atoms with Crippen LogP contribution in [-0.2, 0) is 0 Å². The molecule has 1 amide bonds. The molecule has 1 saturated carbocycles. The lowest BCUT2D eigenvalue weighted by molar-refractivity contribution is 0.0779. The highest BCUT2D eigenvalue weighted by Gasteiger charge is 2.42. The molecule has 2 fully saturated rings. The van der Waals surface area contributed by atoms with E-state index in [1.165, 1.54) is 6.07 Å². The number of hydrogen-bond acceptors (Lipinski definition) is 2. The smallest absolute Gasteiger partial charge is 0.253 e. The molecule has 0 radical (unpaired) electrons. The Labute approximate surface area is 125 Å². The number of rotatable bonds is 1. The van der Waals surface area contributed by atoms with Crippen LogP contribution in [0.4, 0.5) is 4.39 Å². The molecular weight excluding hydrogens is 358 g/mol. The van der Waals surface area contributed by atoms with E-state index in [4.69, 9.17) is 5.73 Å². The van der Waals surface area contributed by atoms with E-state index in [1.54, 1.807) is 12.1 Å². The van der Waals surface area contributed by atoms with Crippen LogP contribution in [0.3, 0.4) is 0 Å². The van der Waals surface area contributed by atoms with Gasteiger partial charge in [-0.2, -0.15) is 0 Å². The van der Waals surface area contributed by atoms with Gasteiger partial charge in [0.15, 0.2) is 0 Å². The Hall–Kier alpha value is -0.690. The van der Waals surface area contributed by atoms with E-state index >= 15 is 0 Å². The molecule has 3 unspecified atom stereocenters. The molecule has 3 rings (SSSR count). The van der Waals surface area contributed by atoms with Crippen molar-refractivity contribution in [3.63, 3.8) is 0 Å². The van der Waals surface area contributed by atoms with Gasteiger partial charge in [0.25, 0.3) is 5.91 Å². The lowest BCUT2D eigenvalue weighted by Crippen LogP contribution is -2.33. The van der Waals surface area contributed by atoms with E-state index in [9.17, 15) is 9.18 Å². The Bertz CT molecular complexity index is 522. The summed E-state index contributed by atoms with van der Waals surface area (Å²) in [5, 5.41) is 0. The van der Waals surface area contributed by atoms with Crippen LogP contribution in [0.15, 0.2) is 18.2 Å². The van der Waals surface area contributed by atoms with E-state index in [0.29, 0.717) is 21.0 Å². The van der Waals surface area contributed by atoms with Crippen molar-refractivity contribution in [2.45, 2.75) is 18.9 Å². The van der Waals surface area contributed by atoms with Crippen molar-refractivity contribution in [3.05, 3.63) is 33.1 Å². The number of carbonyl (C=O) groups excluding carboxylic acids is 1. The van der Waals surface area contributed by atoms with E-state index in [1.807, 2.05) is 27.5 Å². The van der Waals surface area contributed by atoms with Gasteiger partial charge in [0.1, 0.15) is 5.82 Å². The van der Waals surface area contributed by atoms with Crippen molar-refractivity contribution >= 4 is 28.5 Å². The van der Waals surface area contributed by atoms with Crippen molar-refractivity contribution in [2.75, 3.05) is 13.1 Å². The van der Waals surface area contributed by atoms with Crippen LogP contribution in [0, 0.1) is 21.2 Å². The van der Waals surface area contributed by atoms with Crippen LogP contribution in [-0.4, -0.2) is 29.9 Å². The first-order valence-electron chi connectivity index (χ1n) is 6.56. The zero-order valence-corrected chi connectivity index (χ0v) is 12.6. The van der Waals surface area contributed by atoms with Gasteiger partial charge in [0, 0.05) is 28.3 Å². The number of nitrogens with two attached hydrogens (primary N) is 1. The molecule has 3 nitrogen and oxygen atoms in total. The van der Waals surface area contributed by atoms with Crippen LogP contribution in [0.25, 0.3) is 0 Å². The summed E-state index contributed by atoms with van der Waals surface area (Å²) in [6, 6.07) is 4.77. The Morgan fingerprint density at radius 3 is 2.84 bits per heavy atom. The summed E-state index contributed by atoms with van der Waals surface area (Å²) in [4.78, 5) is 14.3. The second-order valence-electron chi connectivity index (χ2n) is 5.50. The maximum absolute atomic E-state index is 13.2. The summed E-state index contributed by atoms with van der Waals surface area (Å²) in [5.74, 6) is 0.721. The molecule has 0 aromatic heterocycles. The molecule has 3 atom stereocenters. The summed E-state index contributed by atoms with van der Waals surface area (Å²) in [7, 11) is 0. The number of carbonyl (C=O) groups is 1. The first kappa shape index (κ1) is 13.3. The normalized spacial score (nSPS) is 29.6. The zero-order valence-electron chi connectivity index (χ0n) is 10.5. The third-order valence-corrected chi connectivity index (χ3v) is 5.19. The van der Waals surface area contributed by atoms with Gasteiger partial charge in [0.2, 0.25) is 0 Å². The molecule has 5 heteroatoms. The van der Waals surface area contributed by atoms with E-state index in [2.05, 4.69) is 0 Å². The monoisotopic (exact) mass is 374 g/mol. The molecule has 102 valence electrons. The lowest BCUT2D eigenvalue weighted by Gasteiger charge is -2.19. The number of likely N-dealkylation sites (tertiary alicyclic amines) is 1. The maximum atomic E-state index is 13.2. The third-order valence-electron chi connectivity index (χ3n) is 4.37. The fourth-order valence-electron chi connectivity index (χ4n) is 3.29. The van der Waals surface area contributed by atoms with Gasteiger partial charge >= 0.3 is 0 Å². The van der Waals surface area contributed by atoms with Crippen LogP contribution in [0.2, 0.25) is 0 Å². The van der Waals surface area contributed by atoms with Crippen molar-refractivity contribution in [2.24, 2.45) is 17.6 Å². The minimum absolute atomic E-state index is 0.000448. The minimum atomic E-state index is -0.280. The summed E-state index contributed by atoms with van der Waals surface area (Å²) < 4.78 is 13.7. The number of nitrogens with zero attached hydrogens (tertiary/aromatic N) is 1. The van der Waals surface area contributed by atoms with Gasteiger partial charge in [-0.25, -0.2) is 4.39 Å². The Balaban J connectivity index is 1.76. The number of fused-ring (bicyclic) bond motifs is 1. The van der Waals surface area contributed by atoms with Gasteiger partial charge < -0.3 is 10.6 Å². The van der Waals surface area contributed by atoms with E-state index in [-0.39, 0.29) is 17.8 Å². The summed E-state index contributed by atoms with van der Waals surface area (Å²) in [6.07, 6.45) is 2.20. The second-order valence-corrected chi connectivity index (χ2v) is 6.67. The Morgan fingerprint density at radius 1 is 1.37 bits per heavy atom. The topological polar surface area (TPSA) is 46.3 Å². The highest BCUT2D eigenvalue weighted by molar-refractivity contribution is 14.1. The van der Waals surface area contributed by atoms with Crippen LogP contribution < -0.4 is 5.73 Å². The Morgan fingerprint density at radius 2 is 2.16 bits per heavy atom. The second kappa shape index (κ2) is 5.01. The van der Waals surface area contributed by atoms with Crippen molar-refractivity contribution in [1.82, 2.24) is 4.90 Å². The minimum Gasteiger partial charge on any atom is -0.338 e.